The Morgan fingerprint density at radius 3 is 3.06 bits per heavy atom. The van der Waals surface area contributed by atoms with Crippen molar-refractivity contribution < 1.29 is 4.79 Å². The van der Waals surface area contributed by atoms with E-state index in [1.165, 1.54) is 11.1 Å². The quantitative estimate of drug-likeness (QED) is 0.744. The largest absolute Gasteiger partial charge is 0.293 e. The number of nitrogens with zero attached hydrogens (tertiary/aromatic N) is 3. The molecule has 1 atom stereocenters. The summed E-state index contributed by atoms with van der Waals surface area (Å²) in [6, 6.07) is 0. The normalized spacial score (nSPS) is 19.9. The molecule has 1 unspecified atom stereocenters. The van der Waals surface area contributed by atoms with Gasteiger partial charge in [0.05, 0.1) is 6.20 Å². The Bertz CT molecular complexity index is 485. The molecular weight excluding hydrogens is 293 g/mol. The molecule has 1 amide bonds. The maximum Gasteiger partial charge on any atom is 0.229 e. The zero-order chi connectivity index (χ0) is 11.7. The molecule has 1 aliphatic rings. The van der Waals surface area contributed by atoms with E-state index in [4.69, 9.17) is 18.0 Å². The lowest BCUT2D eigenvalue weighted by Crippen LogP contribution is -2.26. The van der Waals surface area contributed by atoms with Crippen molar-refractivity contribution in [2.45, 2.75) is 6.42 Å². The maximum absolute atomic E-state index is 11.7. The van der Waals surface area contributed by atoms with Crippen LogP contribution in [0.25, 0.3) is 0 Å². The van der Waals surface area contributed by atoms with Crippen LogP contribution in [0, 0.1) is 18.3 Å². The predicted octanol–water partition coefficient (Wildman–Crippen LogP) is 1.88. The first-order chi connectivity index (χ1) is 7.61. The summed E-state index contributed by atoms with van der Waals surface area (Å²) in [4.78, 5) is 21.3. The molecule has 0 spiro atoms. The van der Waals surface area contributed by atoms with E-state index < -0.39 is 0 Å². The second-order valence-electron chi connectivity index (χ2n) is 3.38. The Labute approximate surface area is 106 Å². The molecule has 0 aliphatic carbocycles. The molecule has 6 heteroatoms. The summed E-state index contributed by atoms with van der Waals surface area (Å²) in [6.45, 7) is 0.461. The first-order valence-corrected chi connectivity index (χ1v) is 5.73. The topological polar surface area (TPSA) is 46.1 Å². The molecule has 0 N–H and O–H groups in total. The molecule has 4 nitrogen and oxygen atoms in total. The Morgan fingerprint density at radius 1 is 1.69 bits per heavy atom. The molecule has 0 bridgehead atoms. The lowest BCUT2D eigenvalue weighted by molar-refractivity contribution is -0.117. The minimum Gasteiger partial charge on any atom is -0.293 e. The van der Waals surface area contributed by atoms with Crippen molar-refractivity contribution in [2.24, 2.45) is 5.92 Å². The van der Waals surface area contributed by atoms with Gasteiger partial charge in [-0.15, -0.1) is 12.3 Å². The summed E-state index contributed by atoms with van der Waals surface area (Å²) in [5.41, 5.74) is 0. The Morgan fingerprint density at radius 2 is 2.44 bits per heavy atom. The second kappa shape index (κ2) is 4.40. The first-order valence-electron chi connectivity index (χ1n) is 4.56. The number of halogens is 2. The lowest BCUT2D eigenvalue weighted by atomic mass is 10.1. The average Bonchev–Trinajstić information content (AvgIpc) is 2.63. The van der Waals surface area contributed by atoms with E-state index in [0.717, 1.165) is 0 Å². The van der Waals surface area contributed by atoms with Gasteiger partial charge in [-0.25, -0.2) is 9.97 Å². The van der Waals surface area contributed by atoms with Gasteiger partial charge < -0.3 is 0 Å². The van der Waals surface area contributed by atoms with Crippen molar-refractivity contribution in [1.82, 2.24) is 9.97 Å². The lowest BCUT2D eigenvalue weighted by Gasteiger charge is -2.15. The Kier molecular flexibility index (Phi) is 3.13. The summed E-state index contributed by atoms with van der Waals surface area (Å²) in [5, 5.41) is 0.246. The van der Waals surface area contributed by atoms with Crippen LogP contribution in [0.2, 0.25) is 5.15 Å². The number of terminal acetylenes is 1. The third kappa shape index (κ3) is 2.04. The second-order valence-corrected chi connectivity index (χ2v) is 4.52. The van der Waals surface area contributed by atoms with Crippen LogP contribution in [0.3, 0.4) is 0 Å². The minimum absolute atomic E-state index is 0.0554. The molecule has 16 heavy (non-hydrogen) atoms. The Balaban J connectivity index is 2.35. The fraction of sp³-hybridized carbons (Fsp3) is 0.300. The molecule has 82 valence electrons. The predicted molar refractivity (Wildman–Crippen MR) is 64.0 cm³/mol. The number of hydrogen-bond donors (Lipinski definition) is 0. The minimum atomic E-state index is -0.0693. The highest BCUT2D eigenvalue weighted by atomic mass is 79.9. The molecule has 1 aromatic rings. The molecule has 0 saturated carbocycles. The van der Waals surface area contributed by atoms with Crippen molar-refractivity contribution in [2.75, 3.05) is 11.4 Å². The highest BCUT2D eigenvalue weighted by Gasteiger charge is 2.31. The van der Waals surface area contributed by atoms with E-state index in [1.54, 1.807) is 0 Å². The van der Waals surface area contributed by atoms with E-state index in [1.807, 2.05) is 0 Å². The van der Waals surface area contributed by atoms with Crippen LogP contribution < -0.4 is 4.90 Å². The number of anilines is 1. The number of carbonyl (C=O) groups excluding carboxylic acids is 1. The third-order valence-corrected chi connectivity index (χ3v) is 3.04. The number of amides is 1. The maximum atomic E-state index is 11.7. The van der Waals surface area contributed by atoms with Gasteiger partial charge in [-0.1, -0.05) is 11.6 Å². The van der Waals surface area contributed by atoms with Crippen LogP contribution in [0.1, 0.15) is 6.42 Å². The van der Waals surface area contributed by atoms with Crippen LogP contribution in [-0.2, 0) is 4.79 Å². The first kappa shape index (κ1) is 11.4. The van der Waals surface area contributed by atoms with E-state index >= 15 is 0 Å². The number of aromatic nitrogens is 2. The van der Waals surface area contributed by atoms with Crippen LogP contribution in [0.15, 0.2) is 10.8 Å². The molecule has 1 saturated heterocycles. The summed E-state index contributed by atoms with van der Waals surface area (Å²) < 4.78 is 0.489. The van der Waals surface area contributed by atoms with Crippen molar-refractivity contribution in [3.05, 3.63) is 16.0 Å². The highest BCUT2D eigenvalue weighted by Crippen LogP contribution is 2.28. The fourth-order valence-corrected chi connectivity index (χ4v) is 2.07. The zero-order valence-corrected chi connectivity index (χ0v) is 10.5. The fourth-order valence-electron chi connectivity index (χ4n) is 1.54. The molecule has 2 rings (SSSR count). The van der Waals surface area contributed by atoms with E-state index in [9.17, 15) is 4.79 Å². The van der Waals surface area contributed by atoms with Crippen molar-refractivity contribution in [3.8, 4) is 12.3 Å². The Hall–Kier alpha value is -1.12. The van der Waals surface area contributed by atoms with E-state index in [2.05, 4.69) is 31.8 Å². The van der Waals surface area contributed by atoms with Gasteiger partial charge in [0, 0.05) is 18.9 Å². The van der Waals surface area contributed by atoms with Gasteiger partial charge in [0.15, 0.2) is 5.82 Å². The van der Waals surface area contributed by atoms with E-state index in [-0.39, 0.29) is 17.0 Å². The van der Waals surface area contributed by atoms with Crippen molar-refractivity contribution in [3.63, 3.8) is 0 Å². The average molecular weight is 301 g/mol. The highest BCUT2D eigenvalue weighted by molar-refractivity contribution is 9.10. The van der Waals surface area contributed by atoms with Crippen LogP contribution in [-0.4, -0.2) is 22.4 Å². The standard InChI is InChI=1S/C10H7BrClN3O/c1-2-6-3-8(16)15(5-6)10-9(11)13-4-7(12)14-10/h1,4,6H,3,5H2. The van der Waals surface area contributed by atoms with Crippen LogP contribution >= 0.6 is 27.5 Å². The molecule has 1 fully saturated rings. The van der Waals surface area contributed by atoms with Crippen molar-refractivity contribution in [1.29, 1.82) is 0 Å². The van der Waals surface area contributed by atoms with E-state index in [0.29, 0.717) is 23.4 Å². The number of carbonyl (C=O) groups is 1. The van der Waals surface area contributed by atoms with Gasteiger partial charge in [0.25, 0.3) is 0 Å². The number of hydrogen-bond acceptors (Lipinski definition) is 3. The SMILES string of the molecule is C#CC1CC(=O)N(c2nc(Cl)cnc2Br)C1. The summed E-state index contributed by atoms with van der Waals surface area (Å²) in [7, 11) is 0. The molecule has 2 heterocycles. The van der Waals surface area contributed by atoms with Crippen molar-refractivity contribution >= 4 is 39.3 Å². The van der Waals surface area contributed by atoms with Gasteiger partial charge in [0.2, 0.25) is 5.91 Å². The molecular formula is C10H7BrClN3O. The van der Waals surface area contributed by atoms with Gasteiger partial charge in [0.1, 0.15) is 9.76 Å². The van der Waals surface area contributed by atoms with Gasteiger partial charge >= 0.3 is 0 Å². The zero-order valence-electron chi connectivity index (χ0n) is 8.15. The smallest absolute Gasteiger partial charge is 0.229 e. The van der Waals surface area contributed by atoms with Gasteiger partial charge in [-0.3, -0.25) is 9.69 Å². The van der Waals surface area contributed by atoms with Crippen LogP contribution in [0.5, 0.6) is 0 Å². The number of rotatable bonds is 1. The molecule has 1 aliphatic heterocycles. The van der Waals surface area contributed by atoms with Crippen LogP contribution in [0.4, 0.5) is 5.82 Å². The summed E-state index contributed by atoms with van der Waals surface area (Å²) in [5.74, 6) is 2.87. The summed E-state index contributed by atoms with van der Waals surface area (Å²) in [6.07, 6.45) is 7.06. The van der Waals surface area contributed by atoms with Gasteiger partial charge in [-0.05, 0) is 15.9 Å². The summed E-state index contributed by atoms with van der Waals surface area (Å²) >= 11 is 8.97. The van der Waals surface area contributed by atoms with Gasteiger partial charge in [-0.2, -0.15) is 0 Å². The molecule has 1 aromatic heterocycles. The molecule has 0 aromatic carbocycles. The monoisotopic (exact) mass is 299 g/mol. The third-order valence-electron chi connectivity index (χ3n) is 2.30. The molecule has 0 radical (unpaired) electrons.